The van der Waals surface area contributed by atoms with Gasteiger partial charge < -0.3 is 19.7 Å². The molecule has 0 radical (unpaired) electrons. The maximum Gasteiger partial charge on any atom is 0.308 e. The van der Waals surface area contributed by atoms with Crippen molar-refractivity contribution in [3.05, 3.63) is 0 Å². The van der Waals surface area contributed by atoms with Crippen LogP contribution in [0.2, 0.25) is 0 Å². The summed E-state index contributed by atoms with van der Waals surface area (Å²) in [6.45, 7) is 5.65. The predicted molar refractivity (Wildman–Crippen MR) is 79.8 cm³/mol. The van der Waals surface area contributed by atoms with Gasteiger partial charge >= 0.3 is 5.97 Å². The molecule has 2 atom stereocenters. The van der Waals surface area contributed by atoms with Crippen LogP contribution in [-0.4, -0.2) is 63.9 Å². The van der Waals surface area contributed by atoms with Crippen molar-refractivity contribution in [2.45, 2.75) is 38.6 Å². The normalized spacial score (nSPS) is 23.0. The van der Waals surface area contributed by atoms with E-state index < -0.39 is 0 Å². The Morgan fingerprint density at radius 3 is 2.80 bits per heavy atom. The Morgan fingerprint density at radius 2 is 2.10 bits per heavy atom. The number of carbonyl (C=O) groups excluding carboxylic acids is 1. The molecule has 0 aromatic heterocycles. The Balaban J connectivity index is 2.10. The van der Waals surface area contributed by atoms with E-state index in [-0.39, 0.29) is 11.9 Å². The number of likely N-dealkylation sites (N-methyl/N-ethyl adjacent to an activating group) is 1. The van der Waals surface area contributed by atoms with Crippen LogP contribution in [-0.2, 0) is 14.3 Å². The molecule has 1 N–H and O–H groups in total. The van der Waals surface area contributed by atoms with Crippen LogP contribution in [0, 0.1) is 5.92 Å². The minimum Gasteiger partial charge on any atom is -0.466 e. The van der Waals surface area contributed by atoms with Crippen LogP contribution >= 0.6 is 0 Å². The highest BCUT2D eigenvalue weighted by Crippen LogP contribution is 2.25. The van der Waals surface area contributed by atoms with Crippen LogP contribution in [0.25, 0.3) is 0 Å². The Bertz CT molecular complexity index is 272. The summed E-state index contributed by atoms with van der Waals surface area (Å²) in [6.07, 6.45) is 4.11. The van der Waals surface area contributed by atoms with Crippen molar-refractivity contribution in [1.29, 1.82) is 0 Å². The first-order valence-corrected chi connectivity index (χ1v) is 7.76. The molecule has 0 saturated heterocycles. The van der Waals surface area contributed by atoms with Gasteiger partial charge in [-0.1, -0.05) is 6.42 Å². The van der Waals surface area contributed by atoms with Gasteiger partial charge in [-0.3, -0.25) is 4.79 Å². The zero-order valence-corrected chi connectivity index (χ0v) is 13.2. The molecule has 0 amide bonds. The molecule has 5 heteroatoms. The van der Waals surface area contributed by atoms with E-state index in [0.717, 1.165) is 52.0 Å². The lowest BCUT2D eigenvalue weighted by Crippen LogP contribution is -2.38. The van der Waals surface area contributed by atoms with Crippen LogP contribution in [0.3, 0.4) is 0 Å². The van der Waals surface area contributed by atoms with Gasteiger partial charge in [-0.2, -0.15) is 0 Å². The first kappa shape index (κ1) is 17.4. The Labute approximate surface area is 123 Å². The number of nitrogens with zero attached hydrogens (tertiary/aromatic N) is 1. The fraction of sp³-hybridized carbons (Fsp3) is 0.933. The second-order valence-electron chi connectivity index (χ2n) is 5.68. The maximum absolute atomic E-state index is 11.7. The molecule has 20 heavy (non-hydrogen) atoms. The highest BCUT2D eigenvalue weighted by Gasteiger charge is 2.27. The van der Waals surface area contributed by atoms with Gasteiger partial charge in [0.15, 0.2) is 0 Å². The monoisotopic (exact) mass is 286 g/mol. The van der Waals surface area contributed by atoms with E-state index >= 15 is 0 Å². The Morgan fingerprint density at radius 1 is 1.30 bits per heavy atom. The number of hydrogen-bond donors (Lipinski definition) is 1. The minimum absolute atomic E-state index is 0.0266. The summed E-state index contributed by atoms with van der Waals surface area (Å²) < 4.78 is 10.7. The van der Waals surface area contributed by atoms with Crippen molar-refractivity contribution in [2.75, 3.05) is 47.0 Å². The van der Waals surface area contributed by atoms with Crippen molar-refractivity contribution >= 4 is 5.97 Å². The Hall–Kier alpha value is -0.650. The lowest BCUT2D eigenvalue weighted by Gasteiger charge is -2.28. The molecule has 1 saturated carbocycles. The molecule has 1 fully saturated rings. The summed E-state index contributed by atoms with van der Waals surface area (Å²) in [6, 6.07) is 0.426. The smallest absolute Gasteiger partial charge is 0.308 e. The molecule has 1 aliphatic rings. The predicted octanol–water partition coefficient (Wildman–Crippen LogP) is 1.28. The average molecular weight is 286 g/mol. The summed E-state index contributed by atoms with van der Waals surface area (Å²) in [4.78, 5) is 13.9. The van der Waals surface area contributed by atoms with Crippen LogP contribution < -0.4 is 5.32 Å². The molecule has 1 rings (SSSR count). The highest BCUT2D eigenvalue weighted by atomic mass is 16.5. The van der Waals surface area contributed by atoms with Crippen LogP contribution in [0.15, 0.2) is 0 Å². The summed E-state index contributed by atoms with van der Waals surface area (Å²) >= 11 is 0. The standard InChI is InChI=1S/C15H30N2O3/c1-4-20-15(18)13-6-5-7-14(12-13)16-8-10-19-11-9-17(2)3/h13-14,16H,4-12H2,1-3H3. The van der Waals surface area contributed by atoms with Gasteiger partial charge in [-0.05, 0) is 40.3 Å². The van der Waals surface area contributed by atoms with E-state index in [0.29, 0.717) is 12.6 Å². The van der Waals surface area contributed by atoms with Gasteiger partial charge in [-0.15, -0.1) is 0 Å². The van der Waals surface area contributed by atoms with Crippen molar-refractivity contribution in [3.8, 4) is 0 Å². The molecule has 1 aliphatic carbocycles. The number of ether oxygens (including phenoxy) is 2. The zero-order chi connectivity index (χ0) is 14.8. The molecule has 0 bridgehead atoms. The second kappa shape index (κ2) is 10.1. The lowest BCUT2D eigenvalue weighted by atomic mass is 9.86. The van der Waals surface area contributed by atoms with Crippen LogP contribution in [0.1, 0.15) is 32.6 Å². The molecule has 0 aliphatic heterocycles. The van der Waals surface area contributed by atoms with Gasteiger partial charge in [0.05, 0.1) is 25.7 Å². The third kappa shape index (κ3) is 7.22. The van der Waals surface area contributed by atoms with E-state index in [4.69, 9.17) is 9.47 Å². The highest BCUT2D eigenvalue weighted by molar-refractivity contribution is 5.72. The summed E-state index contributed by atoms with van der Waals surface area (Å²) in [5.41, 5.74) is 0. The molecule has 2 unspecified atom stereocenters. The van der Waals surface area contributed by atoms with Crippen molar-refractivity contribution in [3.63, 3.8) is 0 Å². The minimum atomic E-state index is -0.0266. The summed E-state index contributed by atoms with van der Waals surface area (Å²) in [7, 11) is 4.08. The third-order valence-corrected chi connectivity index (χ3v) is 3.66. The van der Waals surface area contributed by atoms with E-state index in [9.17, 15) is 4.79 Å². The van der Waals surface area contributed by atoms with Gasteiger partial charge in [-0.25, -0.2) is 0 Å². The number of hydrogen-bond acceptors (Lipinski definition) is 5. The first-order valence-electron chi connectivity index (χ1n) is 7.76. The van der Waals surface area contributed by atoms with Crippen molar-refractivity contribution in [1.82, 2.24) is 10.2 Å². The van der Waals surface area contributed by atoms with Crippen LogP contribution in [0.4, 0.5) is 0 Å². The molecular formula is C15H30N2O3. The molecule has 118 valence electrons. The summed E-state index contributed by atoms with van der Waals surface area (Å²) in [5, 5.41) is 3.49. The van der Waals surface area contributed by atoms with Crippen LogP contribution in [0.5, 0.6) is 0 Å². The van der Waals surface area contributed by atoms with E-state index in [1.54, 1.807) is 0 Å². The third-order valence-electron chi connectivity index (χ3n) is 3.66. The molecule has 0 heterocycles. The number of carbonyl (C=O) groups is 1. The van der Waals surface area contributed by atoms with Crippen molar-refractivity contribution in [2.24, 2.45) is 5.92 Å². The topological polar surface area (TPSA) is 50.8 Å². The quantitative estimate of drug-likeness (QED) is 0.511. The lowest BCUT2D eigenvalue weighted by molar-refractivity contribution is -0.149. The summed E-state index contributed by atoms with van der Waals surface area (Å²) in [5.74, 6) is 0.0529. The maximum atomic E-state index is 11.7. The SMILES string of the molecule is CCOC(=O)C1CCCC(NCCOCCN(C)C)C1. The largest absolute Gasteiger partial charge is 0.466 e. The van der Waals surface area contributed by atoms with Crippen molar-refractivity contribution < 1.29 is 14.3 Å². The number of rotatable bonds is 9. The average Bonchev–Trinajstić information content (AvgIpc) is 2.43. The zero-order valence-electron chi connectivity index (χ0n) is 13.2. The molecule has 5 nitrogen and oxygen atoms in total. The van der Waals surface area contributed by atoms with Gasteiger partial charge in [0.2, 0.25) is 0 Å². The molecule has 0 aromatic carbocycles. The Kier molecular flexibility index (Phi) is 8.82. The van der Waals surface area contributed by atoms with Gasteiger partial charge in [0.1, 0.15) is 0 Å². The van der Waals surface area contributed by atoms with E-state index in [1.165, 1.54) is 0 Å². The number of nitrogens with one attached hydrogen (secondary N) is 1. The number of esters is 1. The fourth-order valence-electron chi connectivity index (χ4n) is 2.53. The van der Waals surface area contributed by atoms with E-state index in [1.807, 2.05) is 21.0 Å². The fourth-order valence-corrected chi connectivity index (χ4v) is 2.53. The molecule has 0 spiro atoms. The second-order valence-corrected chi connectivity index (χ2v) is 5.68. The molecular weight excluding hydrogens is 256 g/mol. The molecule has 0 aromatic rings. The van der Waals surface area contributed by atoms with E-state index in [2.05, 4.69) is 10.2 Å². The van der Waals surface area contributed by atoms with Gasteiger partial charge in [0, 0.05) is 19.1 Å². The van der Waals surface area contributed by atoms with Gasteiger partial charge in [0.25, 0.3) is 0 Å². The first-order chi connectivity index (χ1) is 9.63.